The molecule has 0 amide bonds. The summed E-state index contributed by atoms with van der Waals surface area (Å²) in [6.07, 6.45) is 10.3. The first-order valence-electron chi connectivity index (χ1n) is 27.0. The van der Waals surface area contributed by atoms with Crippen LogP contribution in [-0.2, 0) is 62.5 Å². The summed E-state index contributed by atoms with van der Waals surface area (Å²) in [6.45, 7) is 47.2. The molecular weight excluding hydrogens is 957 g/mol. The zero-order valence-corrected chi connectivity index (χ0v) is 51.2. The molecular formula is C69H92O8. The number of ketones is 4. The Morgan fingerprint density at radius 1 is 0.260 bits per heavy atom. The highest BCUT2D eigenvalue weighted by Crippen LogP contribution is 2.45. The van der Waals surface area contributed by atoms with Gasteiger partial charge in [-0.3, -0.25) is 19.2 Å². The highest BCUT2D eigenvalue weighted by molar-refractivity contribution is 6.46. The summed E-state index contributed by atoms with van der Waals surface area (Å²) in [5.41, 5.74) is -0.274. The molecule has 0 fully saturated rings. The lowest BCUT2D eigenvalue weighted by Gasteiger charge is -2.28. The Balaban J connectivity index is 2.23. The molecule has 77 heavy (non-hydrogen) atoms. The van der Waals surface area contributed by atoms with Gasteiger partial charge in [-0.1, -0.05) is 190 Å². The Bertz CT molecular complexity index is 2510. The Hall–Kier alpha value is -6.28. The van der Waals surface area contributed by atoms with Crippen LogP contribution in [0.2, 0.25) is 0 Å². The predicted octanol–water partition coefficient (Wildman–Crippen LogP) is 16.3. The molecule has 8 nitrogen and oxygen atoms in total. The van der Waals surface area contributed by atoms with Gasteiger partial charge in [-0.2, -0.15) is 0 Å². The van der Waals surface area contributed by atoms with Crippen LogP contribution in [0.25, 0.3) is 24.3 Å². The van der Waals surface area contributed by atoms with E-state index in [4.69, 9.17) is 0 Å². The fourth-order valence-electron chi connectivity index (χ4n) is 9.50. The van der Waals surface area contributed by atoms with E-state index in [-0.39, 0.29) is 23.0 Å². The number of hydrogen-bond acceptors (Lipinski definition) is 8. The van der Waals surface area contributed by atoms with E-state index < -0.39 is 71.9 Å². The summed E-state index contributed by atoms with van der Waals surface area (Å²) in [5, 5.41) is 46.4. The van der Waals surface area contributed by atoms with Crippen molar-refractivity contribution in [1.82, 2.24) is 0 Å². The minimum atomic E-state index is -3.03. The van der Waals surface area contributed by atoms with Crippen molar-refractivity contribution < 1.29 is 39.6 Å². The second kappa shape index (κ2) is 21.5. The van der Waals surface area contributed by atoms with Crippen LogP contribution in [0, 0.1) is 5.41 Å². The summed E-state index contributed by atoms with van der Waals surface area (Å²) in [6, 6.07) is 14.1. The Morgan fingerprint density at radius 2 is 0.377 bits per heavy atom. The molecule has 0 aliphatic heterocycles. The zero-order chi connectivity index (χ0) is 59.4. The number of hydrogen-bond donors (Lipinski definition) is 4. The van der Waals surface area contributed by atoms with Crippen molar-refractivity contribution in [3.8, 4) is 23.0 Å². The largest absolute Gasteiger partial charge is 0.507 e. The molecule has 0 bridgehead atoms. The fourth-order valence-corrected chi connectivity index (χ4v) is 9.50. The summed E-state index contributed by atoms with van der Waals surface area (Å²) in [5.74, 6) is -3.88. The van der Waals surface area contributed by atoms with Gasteiger partial charge >= 0.3 is 0 Å². The number of benzene rings is 4. The quantitative estimate of drug-likeness (QED) is 0.0809. The van der Waals surface area contributed by atoms with E-state index in [1.165, 1.54) is 24.3 Å². The molecule has 0 heterocycles. The normalized spacial score (nSPS) is 13.9. The number of phenols is 4. The second-order valence-corrected chi connectivity index (χ2v) is 29.4. The molecule has 0 aromatic heterocycles. The topological polar surface area (TPSA) is 149 Å². The third-order valence-corrected chi connectivity index (χ3v) is 14.2. The van der Waals surface area contributed by atoms with Crippen LogP contribution in [0.5, 0.6) is 23.0 Å². The first-order chi connectivity index (χ1) is 34.5. The number of rotatable bonds is 12. The maximum atomic E-state index is 15.7. The molecule has 4 rings (SSSR count). The molecule has 0 saturated carbocycles. The molecule has 0 atom stereocenters. The van der Waals surface area contributed by atoms with Gasteiger partial charge in [-0.25, -0.2) is 0 Å². The van der Waals surface area contributed by atoms with Crippen LogP contribution in [0.4, 0.5) is 0 Å². The van der Waals surface area contributed by atoms with Gasteiger partial charge in [-0.15, -0.1) is 0 Å². The number of carbonyl (C=O) groups is 4. The van der Waals surface area contributed by atoms with Crippen molar-refractivity contribution in [3.05, 3.63) is 140 Å². The standard InChI is InChI=1S/C69H92O8/c1-61(2,3)45-33-41(34-46(57(45)74)62(4,5)6)25-29-53(70)69(54(71)30-26-42-35-47(63(7,8)9)58(75)48(36-42)64(10,11)12,55(72)31-27-43-37-49(65(13,14)15)59(76)50(38-43)66(16,17)18)56(73)32-28-44-39-51(67(19,20)21)60(77)52(40-44)68(22,23)24/h25-40,74-77H,1-24H3/b29-25+,30-26+,31-27+,32-28+. The molecule has 8 heteroatoms. The smallest absolute Gasteiger partial charge is 0.219 e. The van der Waals surface area contributed by atoms with Gasteiger partial charge in [0.2, 0.25) is 5.41 Å². The molecule has 0 aliphatic carbocycles. The number of carbonyl (C=O) groups excluding carboxylic acids is 4. The van der Waals surface area contributed by atoms with Crippen molar-refractivity contribution >= 4 is 47.4 Å². The molecule has 4 aromatic rings. The molecule has 0 unspecified atom stereocenters. The van der Waals surface area contributed by atoms with Crippen LogP contribution in [0.15, 0.2) is 72.8 Å². The van der Waals surface area contributed by atoms with Crippen LogP contribution in [-0.4, -0.2) is 43.6 Å². The molecule has 416 valence electrons. The van der Waals surface area contributed by atoms with Gasteiger partial charge in [0.15, 0.2) is 23.1 Å². The monoisotopic (exact) mass is 1050 g/mol. The van der Waals surface area contributed by atoms with E-state index in [9.17, 15) is 20.4 Å². The average Bonchev–Trinajstić information content (AvgIpc) is 3.24. The highest BCUT2D eigenvalue weighted by atomic mass is 16.3. The number of aromatic hydroxyl groups is 4. The van der Waals surface area contributed by atoms with Gasteiger partial charge < -0.3 is 20.4 Å². The van der Waals surface area contributed by atoms with E-state index in [2.05, 4.69) is 0 Å². The van der Waals surface area contributed by atoms with Crippen molar-refractivity contribution in [1.29, 1.82) is 0 Å². The van der Waals surface area contributed by atoms with Gasteiger partial charge in [0.25, 0.3) is 0 Å². The zero-order valence-electron chi connectivity index (χ0n) is 51.2. The first kappa shape index (κ1) is 63.3. The minimum absolute atomic E-state index is 0.124. The van der Waals surface area contributed by atoms with Crippen LogP contribution >= 0.6 is 0 Å². The Kier molecular flexibility index (Phi) is 17.7. The first-order valence-corrected chi connectivity index (χ1v) is 27.0. The summed E-state index contributed by atoms with van der Waals surface area (Å²) < 4.78 is 0. The van der Waals surface area contributed by atoms with Crippen LogP contribution < -0.4 is 0 Å². The predicted molar refractivity (Wildman–Crippen MR) is 321 cm³/mol. The molecule has 4 N–H and O–H groups in total. The lowest BCUT2D eigenvalue weighted by atomic mass is 9.70. The molecule has 0 saturated heterocycles. The van der Waals surface area contributed by atoms with E-state index in [0.717, 1.165) is 24.3 Å². The molecule has 4 aromatic carbocycles. The van der Waals surface area contributed by atoms with Crippen LogP contribution in [0.1, 0.15) is 233 Å². The summed E-state index contributed by atoms with van der Waals surface area (Å²) >= 11 is 0. The lowest BCUT2D eigenvalue weighted by molar-refractivity contribution is -0.148. The van der Waals surface area contributed by atoms with Crippen LogP contribution in [0.3, 0.4) is 0 Å². The van der Waals surface area contributed by atoms with Gasteiger partial charge in [0.05, 0.1) is 0 Å². The van der Waals surface area contributed by atoms with Gasteiger partial charge in [-0.05, 0) is 138 Å². The Labute approximate surface area is 462 Å². The van der Waals surface area contributed by atoms with Crippen molar-refractivity contribution in [2.75, 3.05) is 0 Å². The highest BCUT2D eigenvalue weighted by Gasteiger charge is 2.54. The summed E-state index contributed by atoms with van der Waals surface area (Å²) in [7, 11) is 0. The molecule has 0 aliphatic rings. The molecule has 0 radical (unpaired) electrons. The third-order valence-electron chi connectivity index (χ3n) is 14.2. The number of phenolic OH excluding ortho intramolecular Hbond substituents is 4. The average molecular weight is 1050 g/mol. The maximum absolute atomic E-state index is 15.7. The minimum Gasteiger partial charge on any atom is -0.507 e. The maximum Gasteiger partial charge on any atom is 0.219 e. The van der Waals surface area contributed by atoms with E-state index in [1.807, 2.05) is 166 Å². The fraction of sp³-hybridized carbons (Fsp3) is 0.478. The van der Waals surface area contributed by atoms with Crippen molar-refractivity contribution in [2.24, 2.45) is 5.41 Å². The molecule has 0 spiro atoms. The summed E-state index contributed by atoms with van der Waals surface area (Å²) in [4.78, 5) is 62.7. The van der Waals surface area contributed by atoms with E-state index >= 15 is 19.2 Å². The lowest BCUT2D eigenvalue weighted by Crippen LogP contribution is -2.50. The van der Waals surface area contributed by atoms with Gasteiger partial charge in [0, 0.05) is 44.5 Å². The van der Waals surface area contributed by atoms with Gasteiger partial charge in [0.1, 0.15) is 23.0 Å². The Morgan fingerprint density at radius 3 is 0.481 bits per heavy atom. The van der Waals surface area contributed by atoms with Crippen molar-refractivity contribution in [3.63, 3.8) is 0 Å². The van der Waals surface area contributed by atoms with E-state index in [1.54, 1.807) is 48.5 Å². The second-order valence-electron chi connectivity index (χ2n) is 29.4. The van der Waals surface area contributed by atoms with Crippen molar-refractivity contribution in [2.45, 2.75) is 209 Å². The SMILES string of the molecule is CC(C)(C)c1cc(/C=C/C(=O)C(C(=O)/C=C/c2cc(C(C)(C)C)c(O)c(C(C)(C)C)c2)(C(=O)/C=C/c2cc(C(C)(C)C)c(O)c(C(C)(C)C)c2)C(=O)/C=C/c2cc(C(C)(C)C)c(O)c(C(C)(C)C)c2)cc(C(C)(C)C)c1O. The third kappa shape index (κ3) is 14.3. The van der Waals surface area contributed by atoms with E-state index in [0.29, 0.717) is 66.8 Å². The number of allylic oxidation sites excluding steroid dienone is 4.